The van der Waals surface area contributed by atoms with E-state index in [9.17, 15) is 28.5 Å². The summed E-state index contributed by atoms with van der Waals surface area (Å²) in [6.45, 7) is 4.46. The Balaban J connectivity index is 1.75. The molecule has 188 valence electrons. The van der Waals surface area contributed by atoms with E-state index < -0.39 is 33.8 Å². The number of anilines is 1. The highest BCUT2D eigenvalue weighted by Crippen LogP contribution is 2.21. The fraction of sp³-hybridized carbons (Fsp3) is 0.231. The molecule has 0 aromatic heterocycles. The highest BCUT2D eigenvalue weighted by atomic mass is 19.1. The third-order valence-corrected chi connectivity index (χ3v) is 5.49. The first kappa shape index (κ1) is 26.4. The van der Waals surface area contributed by atoms with Crippen LogP contribution in [-0.4, -0.2) is 34.7 Å². The first-order valence-corrected chi connectivity index (χ1v) is 11.1. The maximum atomic E-state index is 13.7. The van der Waals surface area contributed by atoms with Crippen molar-refractivity contribution in [1.82, 2.24) is 4.90 Å². The molecule has 0 unspecified atom stereocenters. The van der Waals surface area contributed by atoms with Crippen molar-refractivity contribution in [2.45, 2.75) is 20.4 Å². The summed E-state index contributed by atoms with van der Waals surface area (Å²) in [5, 5.41) is 13.5. The van der Waals surface area contributed by atoms with E-state index in [1.54, 1.807) is 24.3 Å². The van der Waals surface area contributed by atoms with Crippen LogP contribution in [0.25, 0.3) is 0 Å². The minimum absolute atomic E-state index is 0.104. The van der Waals surface area contributed by atoms with E-state index >= 15 is 0 Å². The van der Waals surface area contributed by atoms with Crippen molar-refractivity contribution >= 4 is 23.2 Å². The molecule has 3 aromatic rings. The van der Waals surface area contributed by atoms with Gasteiger partial charge in [0, 0.05) is 48.1 Å². The summed E-state index contributed by atoms with van der Waals surface area (Å²) < 4.78 is 27.4. The number of nitro benzene ring substituents is 1. The Bertz CT molecular complexity index is 1240. The van der Waals surface area contributed by atoms with Crippen LogP contribution in [0, 0.1) is 27.2 Å². The molecule has 36 heavy (non-hydrogen) atoms. The van der Waals surface area contributed by atoms with Gasteiger partial charge in [-0.25, -0.2) is 8.78 Å². The van der Waals surface area contributed by atoms with Gasteiger partial charge in [0.25, 0.3) is 17.5 Å². The lowest BCUT2D eigenvalue weighted by molar-refractivity contribution is -0.384. The molecule has 0 aliphatic heterocycles. The molecule has 0 saturated heterocycles. The summed E-state index contributed by atoms with van der Waals surface area (Å²) in [6.07, 6.45) is 0. The molecule has 0 saturated carbocycles. The van der Waals surface area contributed by atoms with E-state index in [0.29, 0.717) is 18.3 Å². The van der Waals surface area contributed by atoms with Gasteiger partial charge in [-0.15, -0.1) is 0 Å². The second kappa shape index (κ2) is 11.0. The van der Waals surface area contributed by atoms with Crippen LogP contribution in [0.5, 0.6) is 0 Å². The van der Waals surface area contributed by atoms with Crippen LogP contribution in [0.1, 0.15) is 40.1 Å². The van der Waals surface area contributed by atoms with E-state index in [0.717, 1.165) is 17.7 Å². The Morgan fingerprint density at radius 1 is 0.972 bits per heavy atom. The molecular weight excluding hydrogens is 470 g/mol. The Morgan fingerprint density at radius 2 is 1.56 bits per heavy atom. The number of carbonyl (C=O) groups is 2. The average molecular weight is 497 g/mol. The third-order valence-electron chi connectivity index (χ3n) is 5.49. The quantitative estimate of drug-likeness (QED) is 0.327. The number of carbonyl (C=O) groups excluding carboxylic acids is 2. The maximum absolute atomic E-state index is 13.7. The number of nitrogens with one attached hydrogen (secondary N) is 1. The number of hydrogen-bond acceptors (Lipinski definition) is 5. The van der Waals surface area contributed by atoms with Crippen molar-refractivity contribution < 1.29 is 23.3 Å². The van der Waals surface area contributed by atoms with Gasteiger partial charge in [-0.2, -0.15) is 0 Å². The maximum Gasteiger partial charge on any atom is 0.269 e. The molecule has 3 N–H and O–H groups in total. The monoisotopic (exact) mass is 496 g/mol. The Hall–Kier alpha value is -4.18. The minimum atomic E-state index is -0.843. The summed E-state index contributed by atoms with van der Waals surface area (Å²) >= 11 is 0. The fourth-order valence-electron chi connectivity index (χ4n) is 3.49. The topological polar surface area (TPSA) is 119 Å². The number of hydrogen-bond donors (Lipinski definition) is 2. The zero-order valence-corrected chi connectivity index (χ0v) is 19.8. The van der Waals surface area contributed by atoms with Crippen LogP contribution < -0.4 is 11.1 Å². The summed E-state index contributed by atoms with van der Waals surface area (Å²) in [5.74, 6) is -2.66. The van der Waals surface area contributed by atoms with Gasteiger partial charge in [-0.1, -0.05) is 26.0 Å². The van der Waals surface area contributed by atoms with E-state index in [4.69, 9.17) is 5.73 Å². The average Bonchev–Trinajstić information content (AvgIpc) is 2.83. The third kappa shape index (κ3) is 6.92. The minimum Gasteiger partial charge on any atom is -0.334 e. The van der Waals surface area contributed by atoms with E-state index in [-0.39, 0.29) is 29.9 Å². The lowest BCUT2D eigenvalue weighted by Gasteiger charge is -2.32. The van der Waals surface area contributed by atoms with Crippen LogP contribution in [-0.2, 0) is 6.54 Å². The molecule has 0 aliphatic carbocycles. The number of rotatable bonds is 9. The molecule has 8 nitrogen and oxygen atoms in total. The smallest absolute Gasteiger partial charge is 0.269 e. The van der Waals surface area contributed by atoms with Gasteiger partial charge in [-0.3, -0.25) is 19.7 Å². The van der Waals surface area contributed by atoms with E-state index in [1.807, 2.05) is 13.8 Å². The molecule has 2 amide bonds. The van der Waals surface area contributed by atoms with Crippen molar-refractivity contribution in [1.29, 1.82) is 0 Å². The molecule has 0 bridgehead atoms. The Kier molecular flexibility index (Phi) is 8.11. The van der Waals surface area contributed by atoms with Crippen LogP contribution in [0.15, 0.2) is 66.7 Å². The van der Waals surface area contributed by atoms with Crippen LogP contribution >= 0.6 is 0 Å². The SMILES string of the molecule is CC(C)(CN)CN(Cc1ccc(NC(=O)c2ccc([N+](=O)[O-])cc2)cc1)C(=O)c1cc(F)cc(F)c1. The molecule has 3 rings (SSSR count). The van der Waals surface area contributed by atoms with Gasteiger partial charge in [0.2, 0.25) is 0 Å². The van der Waals surface area contributed by atoms with Crippen molar-refractivity contribution in [2.75, 3.05) is 18.4 Å². The highest BCUT2D eigenvalue weighted by Gasteiger charge is 2.25. The van der Waals surface area contributed by atoms with Crippen LogP contribution in [0.2, 0.25) is 0 Å². The van der Waals surface area contributed by atoms with Gasteiger partial charge < -0.3 is 16.0 Å². The molecule has 10 heteroatoms. The number of nitrogens with zero attached hydrogens (tertiary/aromatic N) is 2. The predicted octanol–water partition coefficient (Wildman–Crippen LogP) is 4.75. The molecule has 0 spiro atoms. The van der Waals surface area contributed by atoms with E-state index in [2.05, 4.69) is 5.32 Å². The van der Waals surface area contributed by atoms with Crippen molar-refractivity contribution in [3.05, 3.63) is 105 Å². The van der Waals surface area contributed by atoms with Crippen molar-refractivity contribution in [3.8, 4) is 0 Å². The van der Waals surface area contributed by atoms with Gasteiger partial charge >= 0.3 is 0 Å². The summed E-state index contributed by atoms with van der Waals surface area (Å²) in [4.78, 5) is 37.3. The summed E-state index contributed by atoms with van der Waals surface area (Å²) in [6, 6.07) is 14.6. The van der Waals surface area contributed by atoms with Crippen molar-refractivity contribution in [3.63, 3.8) is 0 Å². The van der Waals surface area contributed by atoms with E-state index in [1.165, 1.54) is 29.2 Å². The number of amides is 2. The molecule has 0 heterocycles. The number of non-ortho nitro benzene ring substituents is 1. The predicted molar refractivity (Wildman–Crippen MR) is 131 cm³/mol. The molecule has 0 atom stereocenters. The number of nitrogens with two attached hydrogens (primary N) is 1. The zero-order chi connectivity index (χ0) is 26.5. The molecule has 0 aliphatic rings. The lowest BCUT2D eigenvalue weighted by Crippen LogP contribution is -2.41. The Morgan fingerprint density at radius 3 is 2.08 bits per heavy atom. The number of benzene rings is 3. The van der Waals surface area contributed by atoms with Gasteiger partial charge in [0.1, 0.15) is 11.6 Å². The van der Waals surface area contributed by atoms with Gasteiger partial charge in [0.15, 0.2) is 0 Å². The number of nitro groups is 1. The van der Waals surface area contributed by atoms with Gasteiger partial charge in [-0.05, 0) is 53.9 Å². The zero-order valence-electron chi connectivity index (χ0n) is 19.8. The van der Waals surface area contributed by atoms with Crippen LogP contribution in [0.3, 0.4) is 0 Å². The lowest BCUT2D eigenvalue weighted by atomic mass is 9.92. The molecule has 3 aromatic carbocycles. The first-order chi connectivity index (χ1) is 17.0. The highest BCUT2D eigenvalue weighted by molar-refractivity contribution is 6.04. The van der Waals surface area contributed by atoms with Gasteiger partial charge in [0.05, 0.1) is 4.92 Å². The second-order valence-corrected chi connectivity index (χ2v) is 9.14. The molecule has 0 fully saturated rings. The normalized spacial score (nSPS) is 11.1. The van der Waals surface area contributed by atoms with Crippen LogP contribution in [0.4, 0.5) is 20.2 Å². The summed E-state index contributed by atoms with van der Waals surface area (Å²) in [5.41, 5.74) is 6.64. The molecule has 0 radical (unpaired) electrons. The van der Waals surface area contributed by atoms with Crippen molar-refractivity contribution in [2.24, 2.45) is 11.1 Å². The first-order valence-electron chi connectivity index (χ1n) is 11.1. The fourth-order valence-corrected chi connectivity index (χ4v) is 3.49. The molecular formula is C26H26F2N4O4. The number of halogens is 2. The second-order valence-electron chi connectivity index (χ2n) is 9.14. The summed E-state index contributed by atoms with van der Waals surface area (Å²) in [7, 11) is 0. The Labute approximate surface area is 206 Å². The standard InChI is InChI=1S/C26H26F2N4O4/c1-26(2,15-29)16-31(25(34)19-11-20(27)13-21(28)12-19)14-17-3-7-22(8-4-17)30-24(33)18-5-9-23(10-6-18)32(35)36/h3-13H,14-16,29H2,1-2H3,(H,30,33). The largest absolute Gasteiger partial charge is 0.334 e.